The fourth-order valence-corrected chi connectivity index (χ4v) is 5.46. The molecule has 0 aromatic carbocycles. The van der Waals surface area contributed by atoms with Crippen molar-refractivity contribution in [3.63, 3.8) is 0 Å². The van der Waals surface area contributed by atoms with Gasteiger partial charge in [0, 0.05) is 18.3 Å². The van der Waals surface area contributed by atoms with Crippen molar-refractivity contribution >= 4 is 0 Å². The van der Waals surface area contributed by atoms with Crippen molar-refractivity contribution < 1.29 is 29.9 Å². The van der Waals surface area contributed by atoms with E-state index >= 15 is 0 Å². The largest absolute Gasteiger partial charge is 0.389 e. The first kappa shape index (κ1) is 17.2. The topological polar surface area (TPSA) is 99.4 Å². The molecule has 2 spiro atoms. The quantitative estimate of drug-likeness (QED) is 0.607. The smallest absolute Gasteiger partial charge is 0.169 e. The molecule has 4 fully saturated rings. The van der Waals surface area contributed by atoms with Crippen LogP contribution in [0.3, 0.4) is 0 Å². The van der Waals surface area contributed by atoms with Gasteiger partial charge in [0.25, 0.3) is 0 Å². The second-order valence-corrected chi connectivity index (χ2v) is 8.32. The van der Waals surface area contributed by atoms with Gasteiger partial charge >= 0.3 is 0 Å². The predicted octanol–water partition coefficient (Wildman–Crippen LogP) is 0.840. The molecule has 1 heterocycles. The van der Waals surface area contributed by atoms with E-state index in [9.17, 15) is 20.4 Å². The highest BCUT2D eigenvalue weighted by molar-refractivity contribution is 5.29. The molecule has 0 radical (unpaired) electrons. The molecule has 3 aliphatic carbocycles. The molecule has 6 nitrogen and oxygen atoms in total. The second kappa shape index (κ2) is 5.89. The number of hydrogen-bond donors (Lipinski definition) is 4. The van der Waals surface area contributed by atoms with Crippen molar-refractivity contribution in [2.75, 3.05) is 6.61 Å². The highest BCUT2D eigenvalue weighted by Gasteiger charge is 2.79. The molecule has 0 aromatic rings. The van der Waals surface area contributed by atoms with Gasteiger partial charge in [-0.3, -0.25) is 0 Å². The van der Waals surface area contributed by atoms with E-state index in [1.807, 2.05) is 0 Å². The van der Waals surface area contributed by atoms with Crippen LogP contribution in [0.25, 0.3) is 0 Å². The van der Waals surface area contributed by atoms with Gasteiger partial charge in [-0.15, -0.1) is 0 Å². The highest BCUT2D eigenvalue weighted by atomic mass is 16.7. The minimum Gasteiger partial charge on any atom is -0.389 e. The Kier molecular flexibility index (Phi) is 4.22. The van der Waals surface area contributed by atoms with E-state index in [-0.39, 0.29) is 6.61 Å². The number of ether oxygens (including phenoxy) is 2. The van der Waals surface area contributed by atoms with Crippen molar-refractivity contribution in [3.8, 4) is 0 Å². The summed E-state index contributed by atoms with van der Waals surface area (Å²) in [6, 6.07) is 0. The average molecular weight is 342 g/mol. The van der Waals surface area contributed by atoms with Gasteiger partial charge in [-0.25, -0.2) is 0 Å². The molecule has 0 bridgehead atoms. The van der Waals surface area contributed by atoms with Crippen LogP contribution in [0.2, 0.25) is 0 Å². The van der Waals surface area contributed by atoms with Crippen LogP contribution in [-0.2, 0) is 9.47 Å². The van der Waals surface area contributed by atoms with Gasteiger partial charge in [-0.2, -0.15) is 0 Å². The van der Waals surface area contributed by atoms with Crippen LogP contribution in [0.5, 0.6) is 0 Å². The Morgan fingerprint density at radius 2 is 1.46 bits per heavy atom. The predicted molar refractivity (Wildman–Crippen MR) is 85.1 cm³/mol. The molecule has 6 heteroatoms. The Morgan fingerprint density at radius 1 is 0.875 bits per heavy atom. The Labute approximate surface area is 142 Å². The molecule has 4 rings (SSSR count). The van der Waals surface area contributed by atoms with Crippen LogP contribution in [0.4, 0.5) is 0 Å². The first-order valence-electron chi connectivity index (χ1n) is 9.54. The van der Waals surface area contributed by atoms with Crippen molar-refractivity contribution in [2.45, 2.75) is 100 Å². The van der Waals surface area contributed by atoms with Gasteiger partial charge in [0.1, 0.15) is 23.9 Å². The normalized spacial score (nSPS) is 43.0. The van der Waals surface area contributed by atoms with Gasteiger partial charge in [-0.1, -0.05) is 25.7 Å². The van der Waals surface area contributed by atoms with Crippen LogP contribution >= 0.6 is 0 Å². The van der Waals surface area contributed by atoms with Crippen LogP contribution in [0, 0.1) is 5.41 Å². The zero-order valence-electron chi connectivity index (χ0n) is 14.2. The maximum absolute atomic E-state index is 10.9. The van der Waals surface area contributed by atoms with Crippen LogP contribution in [-0.4, -0.2) is 62.8 Å². The molecular weight excluding hydrogens is 312 g/mol. The number of aliphatic hydroxyl groups is 4. The molecule has 4 N–H and O–H groups in total. The monoisotopic (exact) mass is 342 g/mol. The lowest BCUT2D eigenvalue weighted by Crippen LogP contribution is -2.50. The minimum absolute atomic E-state index is 0.220. The summed E-state index contributed by atoms with van der Waals surface area (Å²) in [7, 11) is 0. The van der Waals surface area contributed by atoms with Crippen molar-refractivity contribution in [3.05, 3.63) is 0 Å². The SMILES string of the molecule is OC1C2(CCCCC2)[C@]1(O)[C@@H](O)[C@H](O)[C@H]1COC2(CCCCC2)O1. The second-order valence-electron chi connectivity index (χ2n) is 8.32. The number of aliphatic hydroxyl groups excluding tert-OH is 3. The molecule has 5 atom stereocenters. The fraction of sp³-hybridized carbons (Fsp3) is 1.00. The van der Waals surface area contributed by atoms with E-state index in [1.54, 1.807) is 0 Å². The lowest BCUT2D eigenvalue weighted by molar-refractivity contribution is -0.208. The van der Waals surface area contributed by atoms with Gasteiger partial charge in [0.2, 0.25) is 0 Å². The molecule has 0 amide bonds. The third-order valence-electron chi connectivity index (χ3n) is 7.05. The maximum atomic E-state index is 10.9. The van der Waals surface area contributed by atoms with E-state index in [4.69, 9.17) is 9.47 Å². The van der Waals surface area contributed by atoms with E-state index < -0.39 is 41.2 Å². The van der Waals surface area contributed by atoms with Crippen molar-refractivity contribution in [1.82, 2.24) is 0 Å². The fourth-order valence-electron chi connectivity index (χ4n) is 5.46. The number of rotatable bonds is 3. The molecule has 138 valence electrons. The van der Waals surface area contributed by atoms with E-state index in [0.29, 0.717) is 12.8 Å². The molecule has 1 saturated heterocycles. The summed E-state index contributed by atoms with van der Waals surface area (Å²) in [5, 5.41) is 42.6. The Morgan fingerprint density at radius 3 is 2.08 bits per heavy atom. The molecule has 3 saturated carbocycles. The first-order chi connectivity index (χ1) is 11.5. The van der Waals surface area contributed by atoms with E-state index in [2.05, 4.69) is 0 Å². The molecule has 1 unspecified atom stereocenters. The van der Waals surface area contributed by atoms with Crippen molar-refractivity contribution in [2.24, 2.45) is 5.41 Å². The third kappa shape index (κ3) is 2.31. The first-order valence-corrected chi connectivity index (χ1v) is 9.54. The maximum Gasteiger partial charge on any atom is 0.169 e. The molecular formula is C18H30O6. The van der Waals surface area contributed by atoms with Gasteiger partial charge in [-0.05, 0) is 25.7 Å². The summed E-state index contributed by atoms with van der Waals surface area (Å²) in [4.78, 5) is 0. The Hall–Kier alpha value is -0.240. The summed E-state index contributed by atoms with van der Waals surface area (Å²) in [5.74, 6) is -0.628. The summed E-state index contributed by atoms with van der Waals surface area (Å²) >= 11 is 0. The third-order valence-corrected chi connectivity index (χ3v) is 7.05. The van der Waals surface area contributed by atoms with Gasteiger partial charge in [0.15, 0.2) is 5.79 Å². The minimum atomic E-state index is -1.63. The zero-order chi connectivity index (χ0) is 17.0. The Balaban J connectivity index is 1.44. The van der Waals surface area contributed by atoms with Crippen molar-refractivity contribution in [1.29, 1.82) is 0 Å². The molecule has 4 aliphatic rings. The summed E-state index contributed by atoms with van der Waals surface area (Å²) in [5.41, 5.74) is -2.29. The lowest BCUT2D eigenvalue weighted by atomic mass is 9.81. The summed E-state index contributed by atoms with van der Waals surface area (Å²) < 4.78 is 11.8. The zero-order valence-corrected chi connectivity index (χ0v) is 14.2. The Bertz CT molecular complexity index is 470. The highest BCUT2D eigenvalue weighted by Crippen LogP contribution is 2.66. The van der Waals surface area contributed by atoms with Gasteiger partial charge < -0.3 is 29.9 Å². The van der Waals surface area contributed by atoms with Crippen LogP contribution < -0.4 is 0 Å². The van der Waals surface area contributed by atoms with E-state index in [1.165, 1.54) is 6.42 Å². The average Bonchev–Trinajstić information content (AvgIpc) is 2.92. The van der Waals surface area contributed by atoms with E-state index in [0.717, 1.165) is 44.9 Å². The lowest BCUT2D eigenvalue weighted by Gasteiger charge is -2.34. The summed E-state index contributed by atoms with van der Waals surface area (Å²) in [6.45, 7) is 0.220. The molecule has 1 aliphatic heterocycles. The number of hydrogen-bond acceptors (Lipinski definition) is 6. The molecule has 24 heavy (non-hydrogen) atoms. The van der Waals surface area contributed by atoms with Crippen LogP contribution in [0.15, 0.2) is 0 Å². The molecule has 0 aromatic heterocycles. The summed E-state index contributed by atoms with van der Waals surface area (Å²) in [6.07, 6.45) is 4.91. The van der Waals surface area contributed by atoms with Crippen LogP contribution in [0.1, 0.15) is 64.2 Å². The standard InChI is InChI=1S/C18H30O6/c19-13(12-11-23-17(24-12)9-5-2-6-10-17)14(20)18(22)15(21)16(18)7-3-1-4-8-16/h12-15,19-22H,1-11H2/t12-,13-,14+,15?,18+/m1/s1. The van der Waals surface area contributed by atoms with Gasteiger partial charge in [0.05, 0.1) is 12.7 Å².